The van der Waals surface area contributed by atoms with Crippen LogP contribution >= 0.6 is 11.5 Å². The average Bonchev–Trinajstić information content (AvgIpc) is 2.88. The summed E-state index contributed by atoms with van der Waals surface area (Å²) in [4.78, 5) is 6.59. The predicted octanol–water partition coefficient (Wildman–Crippen LogP) is 2.93. The zero-order valence-electron chi connectivity index (χ0n) is 12.7. The molecule has 0 radical (unpaired) electrons. The summed E-state index contributed by atoms with van der Waals surface area (Å²) in [6, 6.07) is 3.92. The van der Waals surface area contributed by atoms with Gasteiger partial charge in [-0.05, 0) is 37.1 Å². The van der Waals surface area contributed by atoms with Crippen molar-refractivity contribution in [2.24, 2.45) is 0 Å². The van der Waals surface area contributed by atoms with E-state index in [4.69, 9.17) is 5.73 Å². The lowest BCUT2D eigenvalue weighted by molar-refractivity contribution is 0.300. The Hall–Kier alpha value is -1.66. The van der Waals surface area contributed by atoms with Crippen LogP contribution in [0.5, 0.6) is 0 Å². The van der Waals surface area contributed by atoms with E-state index in [0.29, 0.717) is 5.82 Å². The zero-order chi connectivity index (χ0) is 15.1. The molecular weight excluding hydrogens is 282 g/mol. The van der Waals surface area contributed by atoms with Gasteiger partial charge in [-0.1, -0.05) is 19.9 Å². The first-order chi connectivity index (χ1) is 10.3. The molecule has 0 saturated heterocycles. The summed E-state index contributed by atoms with van der Waals surface area (Å²) in [5, 5.41) is 4.48. The molecule has 0 aliphatic rings. The number of hydrogen-bond acceptors (Lipinski definition) is 6. The van der Waals surface area contributed by atoms with E-state index >= 15 is 0 Å². The van der Waals surface area contributed by atoms with Gasteiger partial charge in [0.15, 0.2) is 0 Å². The number of hydrogen-bond donors (Lipinski definition) is 2. The van der Waals surface area contributed by atoms with Crippen molar-refractivity contribution in [3.8, 4) is 11.1 Å². The van der Waals surface area contributed by atoms with Gasteiger partial charge < -0.3 is 16.0 Å². The van der Waals surface area contributed by atoms with Gasteiger partial charge in [-0.25, -0.2) is 0 Å². The molecule has 2 rings (SSSR count). The molecule has 0 unspecified atom stereocenters. The minimum atomic E-state index is 0.566. The van der Waals surface area contributed by atoms with Crippen molar-refractivity contribution in [1.82, 2.24) is 14.3 Å². The molecular formula is C15H23N5S. The molecule has 0 aromatic carbocycles. The third-order valence-electron chi connectivity index (χ3n) is 3.37. The molecule has 0 saturated carbocycles. The van der Waals surface area contributed by atoms with Crippen LogP contribution in [0.25, 0.3) is 11.1 Å². The number of aromatic nitrogens is 2. The molecule has 5 nitrogen and oxygen atoms in total. The Bertz CT molecular complexity index is 540. The molecule has 0 aliphatic carbocycles. The van der Waals surface area contributed by atoms with E-state index in [1.54, 1.807) is 6.20 Å². The highest BCUT2D eigenvalue weighted by atomic mass is 32.1. The largest absolute Gasteiger partial charge is 0.382 e. The Labute approximate surface area is 130 Å². The van der Waals surface area contributed by atoms with Crippen LogP contribution < -0.4 is 11.1 Å². The number of likely N-dealkylation sites (N-methyl/N-ethyl adjacent to an activating group) is 1. The lowest BCUT2D eigenvalue weighted by Crippen LogP contribution is -2.29. The Morgan fingerprint density at radius 3 is 2.86 bits per heavy atom. The second kappa shape index (κ2) is 7.95. The minimum absolute atomic E-state index is 0.566. The van der Waals surface area contributed by atoms with Crippen molar-refractivity contribution in [1.29, 1.82) is 0 Å². The molecule has 0 amide bonds. The van der Waals surface area contributed by atoms with E-state index in [9.17, 15) is 0 Å². The molecule has 0 fully saturated rings. The van der Waals surface area contributed by atoms with Crippen molar-refractivity contribution >= 4 is 22.4 Å². The van der Waals surface area contributed by atoms with Crippen LogP contribution in [0.15, 0.2) is 24.5 Å². The van der Waals surface area contributed by atoms with E-state index in [1.165, 1.54) is 18.0 Å². The molecule has 0 spiro atoms. The third-order valence-corrected chi connectivity index (χ3v) is 4.19. The summed E-state index contributed by atoms with van der Waals surface area (Å²) in [6.07, 6.45) is 4.76. The third kappa shape index (κ3) is 4.15. The van der Waals surface area contributed by atoms with Crippen molar-refractivity contribution < 1.29 is 0 Å². The summed E-state index contributed by atoms with van der Waals surface area (Å²) in [6.45, 7) is 8.54. The summed E-state index contributed by atoms with van der Waals surface area (Å²) >= 11 is 1.41. The number of anilines is 2. The number of nitrogen functional groups attached to an aromatic ring is 1. The first kappa shape index (κ1) is 15.7. The second-order valence-corrected chi connectivity index (χ2v) is 5.65. The van der Waals surface area contributed by atoms with Gasteiger partial charge in [0.05, 0.1) is 5.56 Å². The highest BCUT2D eigenvalue weighted by Gasteiger charge is 2.13. The van der Waals surface area contributed by atoms with Gasteiger partial charge >= 0.3 is 0 Å². The van der Waals surface area contributed by atoms with Crippen LogP contribution in [-0.4, -0.2) is 40.4 Å². The van der Waals surface area contributed by atoms with E-state index in [0.717, 1.165) is 42.3 Å². The maximum absolute atomic E-state index is 6.00. The van der Waals surface area contributed by atoms with Crippen molar-refractivity contribution in [2.45, 2.75) is 20.3 Å². The first-order valence-electron chi connectivity index (χ1n) is 7.38. The number of nitrogens with two attached hydrogens (primary N) is 1. The Kier molecular flexibility index (Phi) is 5.95. The molecule has 3 N–H and O–H groups in total. The smallest absolute Gasteiger partial charge is 0.147 e. The Morgan fingerprint density at radius 1 is 1.33 bits per heavy atom. The Balaban J connectivity index is 2.02. The minimum Gasteiger partial charge on any atom is -0.382 e. The fourth-order valence-electron chi connectivity index (χ4n) is 2.28. The highest BCUT2D eigenvalue weighted by Crippen LogP contribution is 2.36. The van der Waals surface area contributed by atoms with Gasteiger partial charge in [0.25, 0.3) is 0 Å². The molecule has 6 heteroatoms. The monoisotopic (exact) mass is 305 g/mol. The van der Waals surface area contributed by atoms with Crippen LogP contribution in [0.1, 0.15) is 20.3 Å². The van der Waals surface area contributed by atoms with Crippen molar-refractivity contribution in [3.05, 3.63) is 24.5 Å². The van der Waals surface area contributed by atoms with Crippen LogP contribution in [0.4, 0.5) is 10.8 Å². The Morgan fingerprint density at radius 2 is 2.19 bits per heavy atom. The fraction of sp³-hybridized carbons (Fsp3) is 0.467. The molecule has 2 aromatic rings. The first-order valence-corrected chi connectivity index (χ1v) is 8.15. The molecule has 21 heavy (non-hydrogen) atoms. The van der Waals surface area contributed by atoms with Crippen molar-refractivity contribution in [2.75, 3.05) is 37.2 Å². The van der Waals surface area contributed by atoms with Gasteiger partial charge in [-0.2, -0.15) is 4.37 Å². The quantitative estimate of drug-likeness (QED) is 0.785. The summed E-state index contributed by atoms with van der Waals surface area (Å²) < 4.78 is 4.26. The predicted molar refractivity (Wildman–Crippen MR) is 90.7 cm³/mol. The fourth-order valence-corrected chi connectivity index (χ4v) is 3.05. The van der Waals surface area contributed by atoms with Gasteiger partial charge in [-0.3, -0.25) is 4.98 Å². The van der Waals surface area contributed by atoms with E-state index in [1.807, 2.05) is 18.3 Å². The lowest BCUT2D eigenvalue weighted by atomic mass is 10.1. The van der Waals surface area contributed by atoms with E-state index in [-0.39, 0.29) is 0 Å². The molecule has 0 bridgehead atoms. The lowest BCUT2D eigenvalue weighted by Gasteiger charge is -2.19. The summed E-state index contributed by atoms with van der Waals surface area (Å²) in [7, 11) is 0. The molecule has 114 valence electrons. The molecule has 0 aliphatic heterocycles. The molecule has 2 aromatic heterocycles. The van der Waals surface area contributed by atoms with Gasteiger partial charge in [0.2, 0.25) is 0 Å². The zero-order valence-corrected chi connectivity index (χ0v) is 13.5. The van der Waals surface area contributed by atoms with Crippen LogP contribution in [-0.2, 0) is 0 Å². The summed E-state index contributed by atoms with van der Waals surface area (Å²) in [5.74, 6) is 0.566. The highest BCUT2D eigenvalue weighted by molar-refractivity contribution is 7.11. The van der Waals surface area contributed by atoms with Crippen LogP contribution in [0, 0.1) is 0 Å². The number of nitrogens with zero attached hydrogens (tertiary/aromatic N) is 3. The normalized spacial score (nSPS) is 11.0. The SMILES string of the molecule is CCCN(CC)CCNc1snc(N)c1-c1cccnc1. The topological polar surface area (TPSA) is 67.1 Å². The maximum atomic E-state index is 6.00. The van der Waals surface area contributed by atoms with Gasteiger partial charge in [-0.15, -0.1) is 0 Å². The standard InChI is InChI=1S/C15H23N5S/c1-3-9-20(4-2)10-8-18-15-13(14(16)19-21-15)12-6-5-7-17-11-12/h5-7,11,18H,3-4,8-10H2,1-2H3,(H2,16,19). The molecule has 2 heterocycles. The van der Waals surface area contributed by atoms with Gasteiger partial charge in [0, 0.05) is 31.0 Å². The average molecular weight is 305 g/mol. The molecule has 0 atom stereocenters. The maximum Gasteiger partial charge on any atom is 0.147 e. The van der Waals surface area contributed by atoms with Gasteiger partial charge in [0.1, 0.15) is 10.8 Å². The van der Waals surface area contributed by atoms with Crippen molar-refractivity contribution in [3.63, 3.8) is 0 Å². The number of rotatable bonds is 8. The van der Waals surface area contributed by atoms with Crippen LogP contribution in [0.2, 0.25) is 0 Å². The number of nitrogens with one attached hydrogen (secondary N) is 1. The summed E-state index contributed by atoms with van der Waals surface area (Å²) in [5.41, 5.74) is 7.97. The second-order valence-electron chi connectivity index (χ2n) is 4.87. The van der Waals surface area contributed by atoms with E-state index < -0.39 is 0 Å². The number of pyridine rings is 1. The van der Waals surface area contributed by atoms with Crippen LogP contribution in [0.3, 0.4) is 0 Å². The van der Waals surface area contributed by atoms with E-state index in [2.05, 4.69) is 33.4 Å².